The van der Waals surface area contributed by atoms with Crippen LogP contribution in [0.5, 0.6) is 0 Å². The van der Waals surface area contributed by atoms with Crippen molar-refractivity contribution in [2.45, 2.75) is 6.04 Å². The molecule has 0 spiro atoms. The van der Waals surface area contributed by atoms with Crippen molar-refractivity contribution in [2.24, 2.45) is 5.73 Å². The van der Waals surface area contributed by atoms with Gasteiger partial charge in [-0.25, -0.2) is 0 Å². The first-order chi connectivity index (χ1) is 7.31. The fraction of sp³-hybridized carbons (Fsp3) is 0.600. The third-order valence-electron chi connectivity index (χ3n) is 2.63. The molecule has 1 saturated heterocycles. The summed E-state index contributed by atoms with van der Waals surface area (Å²) in [7, 11) is 0. The van der Waals surface area contributed by atoms with Crippen molar-refractivity contribution >= 4 is 39.0 Å². The Labute approximate surface area is 107 Å². The molecule has 2 rings (SSSR count). The van der Waals surface area contributed by atoms with E-state index in [0.717, 1.165) is 6.54 Å². The molecule has 1 aromatic rings. The summed E-state index contributed by atoms with van der Waals surface area (Å²) in [6.45, 7) is 3.06. The van der Waals surface area contributed by atoms with Crippen molar-refractivity contribution in [2.75, 3.05) is 31.1 Å². The Morgan fingerprint density at radius 2 is 2.20 bits per heavy atom. The molecular formula is C10H15BrN2S2. The van der Waals surface area contributed by atoms with Crippen molar-refractivity contribution in [3.8, 4) is 0 Å². The zero-order chi connectivity index (χ0) is 10.7. The molecule has 1 aliphatic rings. The quantitative estimate of drug-likeness (QED) is 0.930. The first-order valence-corrected chi connectivity index (χ1v) is 7.90. The van der Waals surface area contributed by atoms with Crippen LogP contribution in [-0.2, 0) is 0 Å². The number of hydrogen-bond acceptors (Lipinski definition) is 4. The third kappa shape index (κ3) is 2.97. The number of nitrogens with zero attached hydrogens (tertiary/aromatic N) is 1. The fourth-order valence-electron chi connectivity index (χ4n) is 1.84. The van der Waals surface area contributed by atoms with E-state index in [4.69, 9.17) is 5.73 Å². The lowest BCUT2D eigenvalue weighted by Crippen LogP contribution is -2.39. The summed E-state index contributed by atoms with van der Waals surface area (Å²) in [6, 6.07) is 2.62. The first kappa shape index (κ1) is 11.9. The summed E-state index contributed by atoms with van der Waals surface area (Å²) in [5.74, 6) is 2.48. The molecule has 1 atom stereocenters. The Hall–Kier alpha value is 0.450. The minimum atomic E-state index is 0.419. The highest BCUT2D eigenvalue weighted by Crippen LogP contribution is 2.30. The van der Waals surface area contributed by atoms with Crippen LogP contribution in [0.1, 0.15) is 10.9 Å². The van der Waals surface area contributed by atoms with E-state index in [2.05, 4.69) is 32.3 Å². The monoisotopic (exact) mass is 306 g/mol. The summed E-state index contributed by atoms with van der Waals surface area (Å²) in [5.41, 5.74) is 5.89. The third-order valence-corrected chi connectivity index (χ3v) is 5.36. The molecule has 1 aromatic heterocycles. The average Bonchev–Trinajstić information content (AvgIpc) is 2.68. The summed E-state index contributed by atoms with van der Waals surface area (Å²) in [6.07, 6.45) is 0. The smallest absolute Gasteiger partial charge is 0.0565 e. The Morgan fingerprint density at radius 1 is 1.47 bits per heavy atom. The molecule has 0 amide bonds. The second-order valence-electron chi connectivity index (χ2n) is 3.57. The van der Waals surface area contributed by atoms with Crippen molar-refractivity contribution in [1.29, 1.82) is 0 Å². The molecule has 2 N–H and O–H groups in total. The summed E-state index contributed by atoms with van der Waals surface area (Å²) < 4.78 is 1.17. The van der Waals surface area contributed by atoms with Gasteiger partial charge in [0.05, 0.1) is 6.04 Å². The molecular weight excluding hydrogens is 292 g/mol. The van der Waals surface area contributed by atoms with Gasteiger partial charge in [-0.15, -0.1) is 11.3 Å². The molecule has 1 aliphatic heterocycles. The molecule has 84 valence electrons. The molecule has 2 heterocycles. The van der Waals surface area contributed by atoms with E-state index in [9.17, 15) is 0 Å². The van der Waals surface area contributed by atoms with Crippen LogP contribution in [0.2, 0.25) is 0 Å². The van der Waals surface area contributed by atoms with Crippen LogP contribution >= 0.6 is 39.0 Å². The van der Waals surface area contributed by atoms with E-state index in [0.29, 0.717) is 6.04 Å². The minimum Gasteiger partial charge on any atom is -0.329 e. The van der Waals surface area contributed by atoms with Crippen LogP contribution in [0.3, 0.4) is 0 Å². The minimum absolute atomic E-state index is 0.419. The molecule has 15 heavy (non-hydrogen) atoms. The number of nitrogens with two attached hydrogens (primary N) is 1. The Bertz CT molecular complexity index is 310. The standard InChI is InChI=1S/C10H15BrN2S2/c11-8-5-10(15-7-8)9(6-12)13-1-3-14-4-2-13/h5,7,9H,1-4,6,12H2. The van der Waals surface area contributed by atoms with Crippen LogP contribution in [0.25, 0.3) is 0 Å². The van der Waals surface area contributed by atoms with Crippen LogP contribution in [-0.4, -0.2) is 36.0 Å². The lowest BCUT2D eigenvalue weighted by atomic mass is 10.2. The van der Waals surface area contributed by atoms with Gasteiger partial charge in [-0.2, -0.15) is 11.8 Å². The molecule has 5 heteroatoms. The molecule has 2 nitrogen and oxygen atoms in total. The highest BCUT2D eigenvalue weighted by Gasteiger charge is 2.22. The average molecular weight is 307 g/mol. The number of thiophene rings is 1. The molecule has 1 fully saturated rings. The van der Waals surface area contributed by atoms with E-state index in [-0.39, 0.29) is 0 Å². The number of thioether (sulfide) groups is 1. The van der Waals surface area contributed by atoms with Gasteiger partial charge < -0.3 is 5.73 Å². The summed E-state index contributed by atoms with van der Waals surface area (Å²) in [5, 5.41) is 2.14. The van der Waals surface area contributed by atoms with Gasteiger partial charge in [-0.1, -0.05) is 0 Å². The van der Waals surface area contributed by atoms with Crippen LogP contribution in [0.15, 0.2) is 15.9 Å². The lowest BCUT2D eigenvalue weighted by molar-refractivity contribution is 0.226. The highest BCUT2D eigenvalue weighted by atomic mass is 79.9. The summed E-state index contributed by atoms with van der Waals surface area (Å²) in [4.78, 5) is 3.89. The maximum atomic E-state index is 5.89. The number of hydrogen-bond donors (Lipinski definition) is 1. The first-order valence-electron chi connectivity index (χ1n) is 5.07. The van der Waals surface area contributed by atoms with Gasteiger partial charge in [0.25, 0.3) is 0 Å². The SMILES string of the molecule is NCC(c1cc(Br)cs1)N1CCSCC1. The number of halogens is 1. The summed E-state index contributed by atoms with van der Waals surface area (Å²) >= 11 is 7.34. The van der Waals surface area contributed by atoms with Crippen LogP contribution in [0.4, 0.5) is 0 Å². The van der Waals surface area contributed by atoms with Crippen molar-refractivity contribution in [3.05, 3.63) is 20.8 Å². The van der Waals surface area contributed by atoms with Gasteiger partial charge in [0.2, 0.25) is 0 Å². The maximum Gasteiger partial charge on any atom is 0.0565 e. The van der Waals surface area contributed by atoms with Gasteiger partial charge >= 0.3 is 0 Å². The fourth-order valence-corrected chi connectivity index (χ4v) is 4.36. The topological polar surface area (TPSA) is 29.3 Å². The normalized spacial score (nSPS) is 20.4. The van der Waals surface area contributed by atoms with Gasteiger partial charge in [0.15, 0.2) is 0 Å². The lowest BCUT2D eigenvalue weighted by Gasteiger charge is -2.33. The van der Waals surface area contributed by atoms with Crippen molar-refractivity contribution in [1.82, 2.24) is 4.90 Å². The van der Waals surface area contributed by atoms with E-state index in [1.54, 1.807) is 11.3 Å². The largest absolute Gasteiger partial charge is 0.329 e. The number of rotatable bonds is 3. The zero-order valence-corrected chi connectivity index (χ0v) is 11.7. The van der Waals surface area contributed by atoms with Gasteiger partial charge in [-0.3, -0.25) is 4.90 Å². The molecule has 0 aromatic carbocycles. The molecule has 1 unspecified atom stereocenters. The Kier molecular flexibility index (Phi) is 4.52. The van der Waals surface area contributed by atoms with Gasteiger partial charge in [0.1, 0.15) is 0 Å². The van der Waals surface area contributed by atoms with Crippen LogP contribution < -0.4 is 5.73 Å². The molecule has 0 saturated carbocycles. The predicted octanol–water partition coefficient (Wildman–Crippen LogP) is 2.56. The Balaban J connectivity index is 2.08. The molecule has 0 radical (unpaired) electrons. The Morgan fingerprint density at radius 3 is 2.73 bits per heavy atom. The molecule has 0 bridgehead atoms. The van der Waals surface area contributed by atoms with E-state index in [1.165, 1.54) is 33.9 Å². The van der Waals surface area contributed by atoms with E-state index < -0.39 is 0 Å². The molecule has 0 aliphatic carbocycles. The predicted molar refractivity (Wildman–Crippen MR) is 72.7 cm³/mol. The van der Waals surface area contributed by atoms with Gasteiger partial charge in [0, 0.05) is 45.9 Å². The highest BCUT2D eigenvalue weighted by molar-refractivity contribution is 9.10. The maximum absolute atomic E-state index is 5.89. The van der Waals surface area contributed by atoms with Gasteiger partial charge in [-0.05, 0) is 22.0 Å². The zero-order valence-electron chi connectivity index (χ0n) is 8.49. The van der Waals surface area contributed by atoms with Crippen LogP contribution in [0, 0.1) is 0 Å². The second kappa shape index (κ2) is 5.68. The van der Waals surface area contributed by atoms with Crippen molar-refractivity contribution < 1.29 is 0 Å². The second-order valence-corrected chi connectivity index (χ2v) is 6.65. The van der Waals surface area contributed by atoms with E-state index >= 15 is 0 Å². The van der Waals surface area contributed by atoms with Crippen molar-refractivity contribution in [3.63, 3.8) is 0 Å². The van der Waals surface area contributed by atoms with E-state index in [1.807, 2.05) is 11.8 Å².